The number of carbonyl (C=O) groups excluding carboxylic acids is 2. The van der Waals surface area contributed by atoms with Crippen molar-refractivity contribution in [1.29, 1.82) is 0 Å². The van der Waals surface area contributed by atoms with Gasteiger partial charge in [0, 0.05) is 11.1 Å². The Bertz CT molecular complexity index is 640. The second-order valence-corrected chi connectivity index (χ2v) is 3.94. The summed E-state index contributed by atoms with van der Waals surface area (Å²) in [5.41, 5.74) is 4.16. The highest BCUT2D eigenvalue weighted by Gasteiger charge is 2.17. The highest BCUT2D eigenvalue weighted by atomic mass is 16.1. The first-order chi connectivity index (χ1) is 8.81. The SMILES string of the molecule is O=C=C1C=Cc2ccc3c(c2N1)NC(=C=O)C=C3. The van der Waals surface area contributed by atoms with Crippen molar-refractivity contribution >= 4 is 35.4 Å². The average Bonchev–Trinajstić information content (AvgIpc) is 2.45. The summed E-state index contributed by atoms with van der Waals surface area (Å²) in [7, 11) is 0. The highest BCUT2D eigenvalue weighted by molar-refractivity contribution is 5.95. The first-order valence-electron chi connectivity index (χ1n) is 5.39. The standard InChI is InChI=1S/C14H8N2O2/c17-7-11-5-3-9-1-2-10-4-6-12(8-18)16-14(10)13(9)15-11/h1-6,15-16H. The predicted molar refractivity (Wildman–Crippen MR) is 70.2 cm³/mol. The number of anilines is 2. The van der Waals surface area contributed by atoms with E-state index in [1.807, 2.05) is 36.2 Å². The summed E-state index contributed by atoms with van der Waals surface area (Å²) in [6, 6.07) is 3.89. The van der Waals surface area contributed by atoms with Crippen molar-refractivity contribution in [1.82, 2.24) is 0 Å². The minimum absolute atomic E-state index is 0.365. The predicted octanol–water partition coefficient (Wildman–Crippen LogP) is 1.99. The Morgan fingerprint density at radius 1 is 0.722 bits per heavy atom. The second kappa shape index (κ2) is 3.90. The molecule has 0 saturated carbocycles. The molecule has 1 aromatic carbocycles. The number of benzene rings is 1. The smallest absolute Gasteiger partial charge is 0.150 e. The largest absolute Gasteiger partial charge is 0.344 e. The van der Waals surface area contributed by atoms with Crippen LogP contribution in [0.5, 0.6) is 0 Å². The molecule has 0 aromatic heterocycles. The van der Waals surface area contributed by atoms with Crippen molar-refractivity contribution < 1.29 is 9.59 Å². The zero-order chi connectivity index (χ0) is 12.5. The minimum Gasteiger partial charge on any atom is -0.344 e. The number of allylic oxidation sites excluding steroid dienone is 2. The Labute approximate surface area is 103 Å². The van der Waals surface area contributed by atoms with Gasteiger partial charge in [-0.2, -0.15) is 0 Å². The van der Waals surface area contributed by atoms with Crippen molar-refractivity contribution in [2.75, 3.05) is 10.6 Å². The fraction of sp³-hybridized carbons (Fsp3) is 0. The summed E-state index contributed by atoms with van der Waals surface area (Å²) < 4.78 is 0. The van der Waals surface area contributed by atoms with E-state index >= 15 is 0 Å². The maximum Gasteiger partial charge on any atom is 0.150 e. The lowest BCUT2D eigenvalue weighted by atomic mass is 10.00. The van der Waals surface area contributed by atoms with Crippen molar-refractivity contribution in [3.8, 4) is 0 Å². The molecule has 0 aliphatic carbocycles. The molecule has 2 N–H and O–H groups in total. The van der Waals surface area contributed by atoms with E-state index < -0.39 is 0 Å². The molecular formula is C14H8N2O2. The Hall–Kier alpha value is -2.80. The van der Waals surface area contributed by atoms with Gasteiger partial charge in [-0.25, -0.2) is 9.59 Å². The zero-order valence-electron chi connectivity index (χ0n) is 9.28. The van der Waals surface area contributed by atoms with E-state index in [1.54, 1.807) is 12.2 Å². The second-order valence-electron chi connectivity index (χ2n) is 3.94. The molecule has 0 fully saturated rings. The molecule has 0 spiro atoms. The Morgan fingerprint density at radius 2 is 1.17 bits per heavy atom. The third-order valence-electron chi connectivity index (χ3n) is 2.87. The summed E-state index contributed by atoms with van der Waals surface area (Å²) in [5, 5.41) is 5.97. The van der Waals surface area contributed by atoms with Gasteiger partial charge in [0.1, 0.15) is 11.4 Å². The first kappa shape index (κ1) is 10.4. The van der Waals surface area contributed by atoms with E-state index in [-0.39, 0.29) is 0 Å². The lowest BCUT2D eigenvalue weighted by molar-refractivity contribution is 0.567. The summed E-state index contributed by atoms with van der Waals surface area (Å²) in [5.74, 6) is 3.63. The Morgan fingerprint density at radius 3 is 1.56 bits per heavy atom. The molecule has 3 rings (SSSR count). The molecule has 4 nitrogen and oxygen atoms in total. The normalized spacial score (nSPS) is 14.9. The summed E-state index contributed by atoms with van der Waals surface area (Å²) in [6.07, 6.45) is 6.99. The molecule has 2 heterocycles. The van der Waals surface area contributed by atoms with Gasteiger partial charge in [-0.3, -0.25) is 0 Å². The van der Waals surface area contributed by atoms with Crippen molar-refractivity contribution in [2.24, 2.45) is 0 Å². The number of rotatable bonds is 0. The van der Waals surface area contributed by atoms with Crippen LogP contribution in [0.1, 0.15) is 11.1 Å². The lowest BCUT2D eigenvalue weighted by Crippen LogP contribution is -2.11. The van der Waals surface area contributed by atoms with Crippen molar-refractivity contribution in [3.05, 3.63) is 46.8 Å². The molecule has 2 aliphatic rings. The van der Waals surface area contributed by atoms with Crippen LogP contribution in [0.3, 0.4) is 0 Å². The van der Waals surface area contributed by atoms with Crippen LogP contribution in [0.4, 0.5) is 11.4 Å². The molecular weight excluding hydrogens is 228 g/mol. The van der Waals surface area contributed by atoms with Crippen molar-refractivity contribution in [2.45, 2.75) is 0 Å². The maximum absolute atomic E-state index is 10.7. The molecule has 0 atom stereocenters. The topological polar surface area (TPSA) is 58.2 Å². The van der Waals surface area contributed by atoms with Crippen LogP contribution in [0.25, 0.3) is 12.2 Å². The van der Waals surface area contributed by atoms with E-state index in [9.17, 15) is 9.59 Å². The van der Waals surface area contributed by atoms with Crippen LogP contribution in [-0.2, 0) is 9.59 Å². The molecule has 2 aliphatic heterocycles. The lowest BCUT2D eigenvalue weighted by Gasteiger charge is -2.22. The first-order valence-corrected chi connectivity index (χ1v) is 5.39. The average molecular weight is 236 g/mol. The Kier molecular flexibility index (Phi) is 2.24. The highest BCUT2D eigenvalue weighted by Crippen LogP contribution is 2.37. The molecule has 18 heavy (non-hydrogen) atoms. The maximum atomic E-state index is 10.7. The van der Waals surface area contributed by atoms with Crippen LogP contribution in [0.2, 0.25) is 0 Å². The van der Waals surface area contributed by atoms with Gasteiger partial charge in [0.25, 0.3) is 0 Å². The third kappa shape index (κ3) is 1.50. The van der Waals surface area contributed by atoms with Crippen LogP contribution < -0.4 is 10.6 Å². The van der Waals surface area contributed by atoms with Gasteiger partial charge < -0.3 is 10.6 Å². The summed E-state index contributed by atoms with van der Waals surface area (Å²) >= 11 is 0. The molecule has 0 radical (unpaired) electrons. The third-order valence-corrected chi connectivity index (χ3v) is 2.87. The molecule has 0 saturated heterocycles. The fourth-order valence-electron chi connectivity index (χ4n) is 2.00. The monoisotopic (exact) mass is 236 g/mol. The number of nitrogens with one attached hydrogen (secondary N) is 2. The summed E-state index contributed by atoms with van der Waals surface area (Å²) in [4.78, 5) is 21.4. The fourth-order valence-corrected chi connectivity index (χ4v) is 2.00. The van der Waals surface area contributed by atoms with E-state index in [0.717, 1.165) is 22.5 Å². The van der Waals surface area contributed by atoms with Gasteiger partial charge >= 0.3 is 0 Å². The molecule has 86 valence electrons. The zero-order valence-corrected chi connectivity index (χ0v) is 9.28. The van der Waals surface area contributed by atoms with Gasteiger partial charge in [-0.15, -0.1) is 0 Å². The van der Waals surface area contributed by atoms with Crippen LogP contribution in [0.15, 0.2) is 35.7 Å². The number of hydrogen-bond donors (Lipinski definition) is 2. The molecule has 4 heteroatoms. The van der Waals surface area contributed by atoms with Crippen LogP contribution in [-0.4, -0.2) is 11.9 Å². The Balaban J connectivity index is 2.21. The van der Waals surface area contributed by atoms with Crippen LogP contribution in [0, 0.1) is 0 Å². The number of fused-ring (bicyclic) bond motifs is 3. The van der Waals surface area contributed by atoms with Gasteiger partial charge in [0.15, 0.2) is 11.9 Å². The van der Waals surface area contributed by atoms with E-state index in [1.165, 1.54) is 0 Å². The molecule has 1 aromatic rings. The van der Waals surface area contributed by atoms with Gasteiger partial charge in [-0.1, -0.05) is 12.1 Å². The molecule has 0 bridgehead atoms. The van der Waals surface area contributed by atoms with E-state index in [4.69, 9.17) is 0 Å². The molecule has 0 amide bonds. The van der Waals surface area contributed by atoms with E-state index in [0.29, 0.717) is 11.4 Å². The minimum atomic E-state index is 0.365. The number of hydrogen-bond acceptors (Lipinski definition) is 4. The summed E-state index contributed by atoms with van der Waals surface area (Å²) in [6.45, 7) is 0. The van der Waals surface area contributed by atoms with Gasteiger partial charge in [-0.05, 0) is 24.3 Å². The van der Waals surface area contributed by atoms with Crippen molar-refractivity contribution in [3.63, 3.8) is 0 Å². The van der Waals surface area contributed by atoms with Gasteiger partial charge in [0.2, 0.25) is 0 Å². The van der Waals surface area contributed by atoms with E-state index in [2.05, 4.69) is 10.6 Å². The van der Waals surface area contributed by atoms with Crippen LogP contribution >= 0.6 is 0 Å². The quantitative estimate of drug-likeness (QED) is 0.676. The molecule has 0 unspecified atom stereocenters. The van der Waals surface area contributed by atoms with Gasteiger partial charge in [0.05, 0.1) is 11.4 Å².